The molecule has 2 fully saturated rings. The first kappa shape index (κ1) is 11.1. The Balaban J connectivity index is 2.13. The lowest BCUT2D eigenvalue weighted by molar-refractivity contribution is -0.134. The van der Waals surface area contributed by atoms with Gasteiger partial charge >= 0.3 is 0 Å². The van der Waals surface area contributed by atoms with Crippen LogP contribution in [0.1, 0.15) is 26.7 Å². The molecule has 2 rings (SSSR count). The zero-order valence-electron chi connectivity index (χ0n) is 9.71. The number of ketones is 1. The molecular formula is C12H21NO2. The summed E-state index contributed by atoms with van der Waals surface area (Å²) < 4.78 is 5.32. The van der Waals surface area contributed by atoms with Gasteiger partial charge in [-0.25, -0.2) is 0 Å². The van der Waals surface area contributed by atoms with Gasteiger partial charge in [-0.1, -0.05) is 13.8 Å². The summed E-state index contributed by atoms with van der Waals surface area (Å²) >= 11 is 0. The van der Waals surface area contributed by atoms with Crippen molar-refractivity contribution in [2.24, 2.45) is 17.3 Å². The minimum atomic E-state index is -0.113. The minimum absolute atomic E-state index is 0.113. The number of ether oxygens (including phenoxy) is 1. The van der Waals surface area contributed by atoms with Gasteiger partial charge in [0, 0.05) is 24.5 Å². The van der Waals surface area contributed by atoms with E-state index in [0.29, 0.717) is 18.3 Å². The van der Waals surface area contributed by atoms with Crippen molar-refractivity contribution in [3.8, 4) is 0 Å². The van der Waals surface area contributed by atoms with E-state index in [1.165, 1.54) is 0 Å². The quantitative estimate of drug-likeness (QED) is 0.763. The first-order valence-electron chi connectivity index (χ1n) is 5.99. The molecule has 0 aliphatic carbocycles. The Kier molecular flexibility index (Phi) is 3.12. The number of hydrogen-bond donors (Lipinski definition) is 1. The number of nitrogens with one attached hydrogen (secondary N) is 1. The van der Waals surface area contributed by atoms with Gasteiger partial charge in [-0.05, 0) is 25.3 Å². The van der Waals surface area contributed by atoms with Crippen LogP contribution in [0.2, 0.25) is 0 Å². The van der Waals surface area contributed by atoms with Crippen LogP contribution in [-0.4, -0.2) is 32.1 Å². The summed E-state index contributed by atoms with van der Waals surface area (Å²) in [5.41, 5.74) is -0.113. The highest BCUT2D eigenvalue weighted by molar-refractivity contribution is 5.88. The van der Waals surface area contributed by atoms with Gasteiger partial charge in [0.1, 0.15) is 5.78 Å². The van der Waals surface area contributed by atoms with Crippen molar-refractivity contribution in [2.45, 2.75) is 26.7 Å². The van der Waals surface area contributed by atoms with E-state index >= 15 is 0 Å². The van der Waals surface area contributed by atoms with Gasteiger partial charge in [-0.3, -0.25) is 4.79 Å². The maximum atomic E-state index is 12.5. The van der Waals surface area contributed by atoms with E-state index in [-0.39, 0.29) is 11.3 Å². The molecule has 3 nitrogen and oxygen atoms in total. The van der Waals surface area contributed by atoms with Gasteiger partial charge in [0.25, 0.3) is 0 Å². The third kappa shape index (κ3) is 1.83. The van der Waals surface area contributed by atoms with Crippen molar-refractivity contribution in [3.05, 3.63) is 0 Å². The van der Waals surface area contributed by atoms with E-state index < -0.39 is 0 Å². The second-order valence-electron chi connectivity index (χ2n) is 5.16. The molecule has 3 heteroatoms. The molecule has 1 N–H and O–H groups in total. The fourth-order valence-electron chi connectivity index (χ4n) is 2.85. The van der Waals surface area contributed by atoms with Crippen molar-refractivity contribution < 1.29 is 9.53 Å². The highest BCUT2D eigenvalue weighted by Crippen LogP contribution is 2.38. The average molecular weight is 211 g/mol. The zero-order valence-corrected chi connectivity index (χ0v) is 9.71. The Morgan fingerprint density at radius 2 is 2.33 bits per heavy atom. The molecular weight excluding hydrogens is 190 g/mol. The van der Waals surface area contributed by atoms with Gasteiger partial charge in [-0.2, -0.15) is 0 Å². The maximum Gasteiger partial charge on any atom is 0.146 e. The standard InChI is InChI=1S/C12H21NO2/c1-9(2)12(4-5-13-8-12)11(14)10-3-6-15-7-10/h9-10,13H,3-8H2,1-2H3. The average Bonchev–Trinajstić information content (AvgIpc) is 2.89. The van der Waals surface area contributed by atoms with Crippen LogP contribution in [0.4, 0.5) is 0 Å². The Hall–Kier alpha value is -0.410. The molecule has 2 atom stereocenters. The first-order valence-corrected chi connectivity index (χ1v) is 5.99. The fourth-order valence-corrected chi connectivity index (χ4v) is 2.85. The van der Waals surface area contributed by atoms with Crippen LogP contribution in [-0.2, 0) is 9.53 Å². The van der Waals surface area contributed by atoms with Crippen LogP contribution in [0.25, 0.3) is 0 Å². The van der Waals surface area contributed by atoms with Crippen molar-refractivity contribution in [3.63, 3.8) is 0 Å². The monoisotopic (exact) mass is 211 g/mol. The molecule has 0 saturated carbocycles. The van der Waals surface area contributed by atoms with E-state index in [1.54, 1.807) is 0 Å². The molecule has 0 aromatic heterocycles. The van der Waals surface area contributed by atoms with Crippen molar-refractivity contribution >= 4 is 5.78 Å². The molecule has 0 spiro atoms. The second kappa shape index (κ2) is 4.22. The van der Waals surface area contributed by atoms with E-state index in [9.17, 15) is 4.79 Å². The normalized spacial score (nSPS) is 36.3. The molecule has 15 heavy (non-hydrogen) atoms. The van der Waals surface area contributed by atoms with Gasteiger partial charge in [0.2, 0.25) is 0 Å². The summed E-state index contributed by atoms with van der Waals surface area (Å²) in [4.78, 5) is 12.5. The van der Waals surface area contributed by atoms with Gasteiger partial charge in [0.05, 0.1) is 6.61 Å². The molecule has 0 aromatic carbocycles. The van der Waals surface area contributed by atoms with Crippen LogP contribution < -0.4 is 5.32 Å². The first-order chi connectivity index (χ1) is 7.17. The molecule has 2 saturated heterocycles. The van der Waals surface area contributed by atoms with Crippen LogP contribution in [0, 0.1) is 17.3 Å². The summed E-state index contributed by atoms with van der Waals surface area (Å²) in [6.07, 6.45) is 1.92. The number of carbonyl (C=O) groups is 1. The number of Topliss-reactive ketones (excluding diaryl/α,β-unsaturated/α-hetero) is 1. The lowest BCUT2D eigenvalue weighted by Gasteiger charge is -2.33. The molecule has 86 valence electrons. The third-order valence-electron chi connectivity index (χ3n) is 4.08. The Labute approximate surface area is 91.6 Å². The summed E-state index contributed by atoms with van der Waals surface area (Å²) in [5.74, 6) is 1.04. The zero-order chi connectivity index (χ0) is 10.9. The molecule has 0 aromatic rings. The summed E-state index contributed by atoms with van der Waals surface area (Å²) in [6.45, 7) is 7.59. The summed E-state index contributed by atoms with van der Waals surface area (Å²) in [7, 11) is 0. The van der Waals surface area contributed by atoms with Crippen molar-refractivity contribution in [2.75, 3.05) is 26.3 Å². The predicted octanol–water partition coefficient (Wildman–Crippen LogP) is 1.23. The summed E-state index contributed by atoms with van der Waals surface area (Å²) in [5, 5.41) is 3.34. The van der Waals surface area contributed by atoms with E-state index in [4.69, 9.17) is 4.74 Å². The Morgan fingerprint density at radius 1 is 1.53 bits per heavy atom. The van der Waals surface area contributed by atoms with Gasteiger partial charge < -0.3 is 10.1 Å². The smallest absolute Gasteiger partial charge is 0.146 e. The molecule has 2 aliphatic heterocycles. The lowest BCUT2D eigenvalue weighted by Crippen LogP contribution is -2.42. The topological polar surface area (TPSA) is 38.3 Å². The minimum Gasteiger partial charge on any atom is -0.381 e. The van der Waals surface area contributed by atoms with Crippen LogP contribution in [0.5, 0.6) is 0 Å². The molecule has 2 unspecified atom stereocenters. The van der Waals surface area contributed by atoms with Gasteiger partial charge in [0.15, 0.2) is 0 Å². The highest BCUT2D eigenvalue weighted by atomic mass is 16.5. The van der Waals surface area contributed by atoms with Crippen LogP contribution >= 0.6 is 0 Å². The van der Waals surface area contributed by atoms with E-state index in [1.807, 2.05) is 0 Å². The van der Waals surface area contributed by atoms with Crippen molar-refractivity contribution in [1.29, 1.82) is 0 Å². The maximum absolute atomic E-state index is 12.5. The molecule has 2 heterocycles. The van der Waals surface area contributed by atoms with E-state index in [0.717, 1.165) is 32.5 Å². The number of carbonyl (C=O) groups excluding carboxylic acids is 1. The largest absolute Gasteiger partial charge is 0.381 e. The molecule has 0 bridgehead atoms. The van der Waals surface area contributed by atoms with Crippen LogP contribution in [0.3, 0.4) is 0 Å². The Morgan fingerprint density at radius 3 is 2.80 bits per heavy atom. The molecule has 0 radical (unpaired) electrons. The van der Waals surface area contributed by atoms with Gasteiger partial charge in [-0.15, -0.1) is 0 Å². The lowest BCUT2D eigenvalue weighted by atomic mass is 9.69. The van der Waals surface area contributed by atoms with E-state index in [2.05, 4.69) is 19.2 Å². The molecule has 2 aliphatic rings. The SMILES string of the molecule is CC(C)C1(C(=O)C2CCOC2)CCNC1. The Bertz CT molecular complexity index is 238. The predicted molar refractivity (Wildman–Crippen MR) is 58.7 cm³/mol. The third-order valence-corrected chi connectivity index (χ3v) is 4.08. The van der Waals surface area contributed by atoms with Crippen molar-refractivity contribution in [1.82, 2.24) is 5.32 Å². The van der Waals surface area contributed by atoms with Crippen LogP contribution in [0.15, 0.2) is 0 Å². The summed E-state index contributed by atoms with van der Waals surface area (Å²) in [6, 6.07) is 0. The molecule has 0 amide bonds. The highest BCUT2D eigenvalue weighted by Gasteiger charge is 2.46. The number of hydrogen-bond acceptors (Lipinski definition) is 3. The fraction of sp³-hybridized carbons (Fsp3) is 0.917. The number of rotatable bonds is 3. The second-order valence-corrected chi connectivity index (χ2v) is 5.16.